The van der Waals surface area contributed by atoms with E-state index in [4.69, 9.17) is 0 Å². The van der Waals surface area contributed by atoms with Crippen molar-refractivity contribution in [2.75, 3.05) is 11.4 Å². The van der Waals surface area contributed by atoms with Gasteiger partial charge in [0.1, 0.15) is 17.7 Å². The van der Waals surface area contributed by atoms with Gasteiger partial charge in [-0.2, -0.15) is 14.6 Å². The summed E-state index contributed by atoms with van der Waals surface area (Å²) in [4.78, 5) is 21.8. The quantitative estimate of drug-likeness (QED) is 0.863. The van der Waals surface area contributed by atoms with Crippen LogP contribution in [-0.4, -0.2) is 42.7 Å². The highest BCUT2D eigenvalue weighted by Gasteiger charge is 2.44. The molecule has 3 rings (SSSR count). The molecule has 100 valence electrons. The summed E-state index contributed by atoms with van der Waals surface area (Å²) < 4.78 is 1.60. The lowest BCUT2D eigenvalue weighted by Gasteiger charge is -2.32. The van der Waals surface area contributed by atoms with Crippen LogP contribution in [0.1, 0.15) is 25.5 Å². The topological polar surface area (TPSA) is 83.6 Å². The number of fused-ring (bicyclic) bond motifs is 1. The smallest absolute Gasteiger partial charge is 0.329 e. The normalized spacial score (nSPS) is 23.2. The minimum atomic E-state index is -0.896. The average Bonchev–Trinajstić information content (AvgIpc) is 2.95. The lowest BCUT2D eigenvalue weighted by Crippen LogP contribution is -2.49. The zero-order valence-electron chi connectivity index (χ0n) is 10.9. The minimum Gasteiger partial charge on any atom is -0.480 e. The lowest BCUT2D eigenvalue weighted by atomic mass is 9.99. The van der Waals surface area contributed by atoms with Crippen molar-refractivity contribution in [3.05, 3.63) is 18.1 Å². The Kier molecular flexibility index (Phi) is 2.44. The molecule has 7 nitrogen and oxygen atoms in total. The summed E-state index contributed by atoms with van der Waals surface area (Å²) in [5, 5.41) is 13.6. The van der Waals surface area contributed by atoms with Gasteiger partial charge in [-0.3, -0.25) is 0 Å². The van der Waals surface area contributed by atoms with Crippen LogP contribution >= 0.6 is 0 Å². The van der Waals surface area contributed by atoms with Crippen LogP contribution in [0.2, 0.25) is 0 Å². The van der Waals surface area contributed by atoms with Crippen molar-refractivity contribution in [1.29, 1.82) is 0 Å². The van der Waals surface area contributed by atoms with Crippen LogP contribution in [0, 0.1) is 6.92 Å². The number of anilines is 1. The first-order chi connectivity index (χ1) is 9.02. The number of aryl methyl sites for hydroxylation is 1. The monoisotopic (exact) mass is 261 g/mol. The molecule has 19 heavy (non-hydrogen) atoms. The highest BCUT2D eigenvalue weighted by Crippen LogP contribution is 2.34. The molecule has 1 aliphatic rings. The number of carboxylic acid groups (broad SMARTS) is 1. The van der Waals surface area contributed by atoms with Gasteiger partial charge in [-0.1, -0.05) is 0 Å². The Bertz CT molecular complexity index is 653. The van der Waals surface area contributed by atoms with E-state index in [-0.39, 0.29) is 0 Å². The first kappa shape index (κ1) is 11.9. The second kappa shape index (κ2) is 3.91. The van der Waals surface area contributed by atoms with E-state index in [0.717, 1.165) is 17.9 Å². The SMILES string of the molecule is Cc1cc(N2CCCC2(C)C(=O)O)n2ncnc2n1. The predicted molar refractivity (Wildman–Crippen MR) is 68.1 cm³/mol. The van der Waals surface area contributed by atoms with Gasteiger partial charge in [-0.05, 0) is 26.7 Å². The Morgan fingerprint density at radius 1 is 1.53 bits per heavy atom. The van der Waals surface area contributed by atoms with Crippen molar-refractivity contribution in [2.45, 2.75) is 32.2 Å². The van der Waals surface area contributed by atoms with Gasteiger partial charge in [0.2, 0.25) is 0 Å². The van der Waals surface area contributed by atoms with Gasteiger partial charge < -0.3 is 10.0 Å². The van der Waals surface area contributed by atoms with E-state index >= 15 is 0 Å². The molecular weight excluding hydrogens is 246 g/mol. The van der Waals surface area contributed by atoms with E-state index in [1.807, 2.05) is 17.9 Å². The standard InChI is InChI=1S/C12H15N5O2/c1-8-6-9(17-11(15-8)13-7-14-17)16-5-3-4-12(16,2)10(18)19/h6-7H,3-5H2,1-2H3,(H,18,19). The number of aromatic nitrogens is 4. The Labute approximate surface area is 109 Å². The van der Waals surface area contributed by atoms with Gasteiger partial charge in [0, 0.05) is 18.3 Å². The molecule has 1 atom stereocenters. The summed E-state index contributed by atoms with van der Waals surface area (Å²) in [6, 6.07) is 1.86. The molecule has 0 spiro atoms. The third-order valence-electron chi connectivity index (χ3n) is 3.74. The number of aliphatic carboxylic acids is 1. The molecule has 1 fully saturated rings. The maximum Gasteiger partial charge on any atom is 0.329 e. The molecule has 1 saturated heterocycles. The molecule has 0 bridgehead atoms. The minimum absolute atomic E-state index is 0.495. The van der Waals surface area contributed by atoms with Crippen LogP contribution in [0.4, 0.5) is 5.82 Å². The number of nitrogens with zero attached hydrogens (tertiary/aromatic N) is 5. The summed E-state index contributed by atoms with van der Waals surface area (Å²) in [5.74, 6) is 0.421. The van der Waals surface area contributed by atoms with Crippen LogP contribution in [0.3, 0.4) is 0 Å². The molecule has 0 aliphatic carbocycles. The summed E-state index contributed by atoms with van der Waals surface area (Å²) in [7, 11) is 0. The number of carbonyl (C=O) groups is 1. The molecule has 0 saturated carbocycles. The number of rotatable bonds is 2. The third-order valence-corrected chi connectivity index (χ3v) is 3.74. The summed E-state index contributed by atoms with van der Waals surface area (Å²) >= 11 is 0. The van der Waals surface area contributed by atoms with Gasteiger partial charge in [0.05, 0.1) is 0 Å². The Morgan fingerprint density at radius 3 is 3.05 bits per heavy atom. The van der Waals surface area contributed by atoms with Crippen LogP contribution in [-0.2, 0) is 4.79 Å². The molecule has 2 aromatic rings. The van der Waals surface area contributed by atoms with Gasteiger partial charge in [-0.25, -0.2) is 9.78 Å². The van der Waals surface area contributed by atoms with Crippen LogP contribution in [0.5, 0.6) is 0 Å². The molecular formula is C12H15N5O2. The fourth-order valence-corrected chi connectivity index (χ4v) is 2.66. The summed E-state index contributed by atoms with van der Waals surface area (Å²) in [5.41, 5.74) is -0.0951. The maximum atomic E-state index is 11.6. The van der Waals surface area contributed by atoms with Crippen molar-refractivity contribution in [3.63, 3.8) is 0 Å². The number of hydrogen-bond acceptors (Lipinski definition) is 5. The van der Waals surface area contributed by atoms with E-state index in [1.165, 1.54) is 6.33 Å². The molecule has 0 amide bonds. The highest BCUT2D eigenvalue weighted by atomic mass is 16.4. The van der Waals surface area contributed by atoms with E-state index in [0.29, 0.717) is 18.7 Å². The van der Waals surface area contributed by atoms with Crippen LogP contribution in [0.15, 0.2) is 12.4 Å². The fourth-order valence-electron chi connectivity index (χ4n) is 2.66. The van der Waals surface area contributed by atoms with Gasteiger partial charge in [0.15, 0.2) is 0 Å². The third kappa shape index (κ3) is 1.65. The van der Waals surface area contributed by atoms with Crippen molar-refractivity contribution in [2.24, 2.45) is 0 Å². The van der Waals surface area contributed by atoms with Crippen molar-refractivity contribution < 1.29 is 9.90 Å². The van der Waals surface area contributed by atoms with E-state index in [9.17, 15) is 9.90 Å². The molecule has 7 heteroatoms. The number of carboxylic acids is 1. The van der Waals surface area contributed by atoms with Gasteiger partial charge in [0.25, 0.3) is 5.78 Å². The Balaban J connectivity index is 2.18. The second-order valence-corrected chi connectivity index (χ2v) is 5.06. The number of hydrogen-bond donors (Lipinski definition) is 1. The molecule has 2 aromatic heterocycles. The van der Waals surface area contributed by atoms with Gasteiger partial charge in [-0.15, -0.1) is 0 Å². The van der Waals surface area contributed by atoms with E-state index in [2.05, 4.69) is 15.1 Å². The predicted octanol–water partition coefficient (Wildman–Crippen LogP) is 0.876. The first-order valence-corrected chi connectivity index (χ1v) is 6.21. The van der Waals surface area contributed by atoms with Crippen molar-refractivity contribution in [1.82, 2.24) is 19.6 Å². The van der Waals surface area contributed by atoms with Crippen LogP contribution in [0.25, 0.3) is 5.78 Å². The van der Waals surface area contributed by atoms with Crippen molar-refractivity contribution >= 4 is 17.6 Å². The molecule has 1 unspecified atom stereocenters. The van der Waals surface area contributed by atoms with Crippen molar-refractivity contribution in [3.8, 4) is 0 Å². The first-order valence-electron chi connectivity index (χ1n) is 6.21. The Morgan fingerprint density at radius 2 is 2.32 bits per heavy atom. The summed E-state index contributed by atoms with van der Waals surface area (Å²) in [6.45, 7) is 4.31. The highest BCUT2D eigenvalue weighted by molar-refractivity contribution is 5.83. The maximum absolute atomic E-state index is 11.6. The molecule has 1 aliphatic heterocycles. The molecule has 0 aromatic carbocycles. The van der Waals surface area contributed by atoms with Gasteiger partial charge >= 0.3 is 5.97 Å². The van der Waals surface area contributed by atoms with E-state index in [1.54, 1.807) is 11.4 Å². The lowest BCUT2D eigenvalue weighted by molar-refractivity contribution is -0.142. The molecule has 1 N–H and O–H groups in total. The van der Waals surface area contributed by atoms with Crippen LogP contribution < -0.4 is 4.90 Å². The fraction of sp³-hybridized carbons (Fsp3) is 0.500. The zero-order chi connectivity index (χ0) is 13.6. The molecule has 0 radical (unpaired) electrons. The summed E-state index contributed by atoms with van der Waals surface area (Å²) in [6.07, 6.45) is 2.90. The molecule has 3 heterocycles. The zero-order valence-corrected chi connectivity index (χ0v) is 10.9. The van der Waals surface area contributed by atoms with E-state index < -0.39 is 11.5 Å². The largest absolute Gasteiger partial charge is 0.480 e. The Hall–Kier alpha value is -2.18. The average molecular weight is 261 g/mol. The second-order valence-electron chi connectivity index (χ2n) is 5.06.